The predicted octanol–water partition coefficient (Wildman–Crippen LogP) is 4.79. The Labute approximate surface area is 165 Å². The number of halogens is 1. The Morgan fingerprint density at radius 3 is 2.56 bits per heavy atom. The highest BCUT2D eigenvalue weighted by Gasteiger charge is 2.13. The van der Waals surface area contributed by atoms with E-state index in [0.29, 0.717) is 33.4 Å². The van der Waals surface area contributed by atoms with Crippen molar-refractivity contribution in [1.82, 2.24) is 14.5 Å². The van der Waals surface area contributed by atoms with Crippen LogP contribution in [0.4, 0.5) is 0 Å². The molecule has 0 bridgehead atoms. The largest absolute Gasteiger partial charge is 0.281 e. The van der Waals surface area contributed by atoms with Crippen molar-refractivity contribution < 1.29 is 0 Å². The Morgan fingerprint density at radius 2 is 1.74 bits per heavy atom. The number of rotatable bonds is 5. The summed E-state index contributed by atoms with van der Waals surface area (Å²) >= 11 is 7.78. The molecule has 0 unspecified atom stereocenters. The molecule has 0 spiro atoms. The van der Waals surface area contributed by atoms with Gasteiger partial charge in [-0.15, -0.1) is 0 Å². The standard InChI is InChI=1S/C21H16ClN3OS/c22-18-10-3-1-7-15(18)14-27-21-24-19-11-4-2-9-17(19)20(26)25(21)13-16-8-5-6-12-23-16/h1-12H,13-14H2. The Kier molecular flexibility index (Phi) is 5.23. The van der Waals surface area contributed by atoms with Gasteiger partial charge in [-0.1, -0.05) is 59.8 Å². The number of fused-ring (bicyclic) bond motifs is 1. The molecule has 134 valence electrons. The van der Waals surface area contributed by atoms with Gasteiger partial charge in [-0.2, -0.15) is 0 Å². The summed E-state index contributed by atoms with van der Waals surface area (Å²) in [5.74, 6) is 0.632. The molecule has 4 nitrogen and oxygen atoms in total. The molecule has 2 aromatic heterocycles. The lowest BCUT2D eigenvalue weighted by atomic mass is 10.2. The maximum Gasteiger partial charge on any atom is 0.262 e. The molecule has 0 atom stereocenters. The molecule has 0 radical (unpaired) electrons. The van der Waals surface area contributed by atoms with Gasteiger partial charge in [-0.3, -0.25) is 14.3 Å². The van der Waals surface area contributed by atoms with Gasteiger partial charge in [0.1, 0.15) is 0 Å². The number of pyridine rings is 1. The van der Waals surface area contributed by atoms with Crippen molar-refractivity contribution in [2.75, 3.05) is 0 Å². The highest BCUT2D eigenvalue weighted by Crippen LogP contribution is 2.26. The van der Waals surface area contributed by atoms with E-state index in [-0.39, 0.29) is 5.56 Å². The first-order chi connectivity index (χ1) is 13.2. The van der Waals surface area contributed by atoms with Gasteiger partial charge in [-0.05, 0) is 35.9 Å². The first kappa shape index (κ1) is 17.8. The summed E-state index contributed by atoms with van der Waals surface area (Å²) < 4.78 is 1.69. The summed E-state index contributed by atoms with van der Waals surface area (Å²) in [6, 6.07) is 20.8. The minimum Gasteiger partial charge on any atom is -0.281 e. The third-order valence-corrected chi connectivity index (χ3v) is 5.58. The number of hydrogen-bond acceptors (Lipinski definition) is 4. The zero-order chi connectivity index (χ0) is 18.6. The Bertz CT molecular complexity index is 1140. The Balaban J connectivity index is 1.76. The molecule has 0 aliphatic heterocycles. The fourth-order valence-corrected chi connectivity index (χ4v) is 4.09. The van der Waals surface area contributed by atoms with Crippen LogP contribution in [-0.4, -0.2) is 14.5 Å². The van der Waals surface area contributed by atoms with Gasteiger partial charge in [0, 0.05) is 17.0 Å². The predicted molar refractivity (Wildman–Crippen MR) is 110 cm³/mol. The van der Waals surface area contributed by atoms with Crippen LogP contribution in [0.3, 0.4) is 0 Å². The van der Waals surface area contributed by atoms with Crippen LogP contribution in [0.5, 0.6) is 0 Å². The van der Waals surface area contributed by atoms with Gasteiger partial charge in [-0.25, -0.2) is 4.98 Å². The summed E-state index contributed by atoms with van der Waals surface area (Å²) in [6.45, 7) is 0.377. The van der Waals surface area contributed by atoms with Crippen molar-refractivity contribution in [3.63, 3.8) is 0 Å². The van der Waals surface area contributed by atoms with Crippen LogP contribution in [0.1, 0.15) is 11.3 Å². The highest BCUT2D eigenvalue weighted by molar-refractivity contribution is 7.98. The third kappa shape index (κ3) is 3.89. The lowest BCUT2D eigenvalue weighted by molar-refractivity contribution is 0.646. The topological polar surface area (TPSA) is 47.8 Å². The molecule has 0 fully saturated rings. The van der Waals surface area contributed by atoms with Gasteiger partial charge in [0.25, 0.3) is 5.56 Å². The summed E-state index contributed by atoms with van der Waals surface area (Å²) in [7, 11) is 0. The second-order valence-electron chi connectivity index (χ2n) is 6.00. The van der Waals surface area contributed by atoms with E-state index in [1.165, 1.54) is 11.8 Å². The molecule has 2 aromatic carbocycles. The fourth-order valence-electron chi connectivity index (χ4n) is 2.81. The lowest BCUT2D eigenvalue weighted by Crippen LogP contribution is -2.24. The molecule has 0 N–H and O–H groups in total. The van der Waals surface area contributed by atoms with Crippen molar-refractivity contribution in [3.05, 3.63) is 99.6 Å². The van der Waals surface area contributed by atoms with Gasteiger partial charge in [0.05, 0.1) is 23.1 Å². The van der Waals surface area contributed by atoms with Crippen molar-refractivity contribution in [2.45, 2.75) is 17.5 Å². The monoisotopic (exact) mass is 393 g/mol. The average Bonchev–Trinajstić information content (AvgIpc) is 2.71. The van der Waals surface area contributed by atoms with Crippen LogP contribution in [0.15, 0.2) is 82.9 Å². The molecule has 27 heavy (non-hydrogen) atoms. The maximum absolute atomic E-state index is 13.1. The summed E-state index contributed by atoms with van der Waals surface area (Å²) in [5, 5.41) is 1.98. The molecular formula is C21H16ClN3OS. The molecule has 2 heterocycles. The average molecular weight is 394 g/mol. The Hall–Kier alpha value is -2.63. The van der Waals surface area contributed by atoms with E-state index in [1.807, 2.05) is 66.7 Å². The van der Waals surface area contributed by atoms with Crippen molar-refractivity contribution >= 4 is 34.3 Å². The maximum atomic E-state index is 13.1. The van der Waals surface area contributed by atoms with E-state index in [9.17, 15) is 4.79 Å². The van der Waals surface area contributed by atoms with Crippen LogP contribution in [0, 0.1) is 0 Å². The quantitative estimate of drug-likeness (QED) is 0.361. The molecular weight excluding hydrogens is 378 g/mol. The van der Waals surface area contributed by atoms with E-state index >= 15 is 0 Å². The van der Waals surface area contributed by atoms with E-state index < -0.39 is 0 Å². The van der Waals surface area contributed by atoms with Gasteiger partial charge < -0.3 is 0 Å². The van der Waals surface area contributed by atoms with Crippen LogP contribution < -0.4 is 5.56 Å². The lowest BCUT2D eigenvalue weighted by Gasteiger charge is -2.13. The van der Waals surface area contributed by atoms with Crippen LogP contribution in [0.2, 0.25) is 5.02 Å². The molecule has 0 aliphatic carbocycles. The van der Waals surface area contributed by atoms with Gasteiger partial charge in [0.15, 0.2) is 5.16 Å². The van der Waals surface area contributed by atoms with Crippen molar-refractivity contribution in [2.24, 2.45) is 0 Å². The van der Waals surface area contributed by atoms with Crippen molar-refractivity contribution in [1.29, 1.82) is 0 Å². The summed E-state index contributed by atoms with van der Waals surface area (Å²) in [4.78, 5) is 22.2. The summed E-state index contributed by atoms with van der Waals surface area (Å²) in [5.41, 5.74) is 2.46. The van der Waals surface area contributed by atoms with Crippen LogP contribution in [-0.2, 0) is 12.3 Å². The molecule has 0 amide bonds. The molecule has 0 saturated carbocycles. The number of thioether (sulfide) groups is 1. The molecule has 6 heteroatoms. The number of nitrogens with zero attached hydrogens (tertiary/aromatic N) is 3. The van der Waals surface area contributed by atoms with Crippen LogP contribution >= 0.6 is 23.4 Å². The highest BCUT2D eigenvalue weighted by atomic mass is 35.5. The zero-order valence-corrected chi connectivity index (χ0v) is 16.0. The molecule has 0 aliphatic rings. The smallest absolute Gasteiger partial charge is 0.262 e. The minimum atomic E-state index is -0.0621. The second-order valence-corrected chi connectivity index (χ2v) is 7.35. The SMILES string of the molecule is O=c1c2ccccc2nc(SCc2ccccc2Cl)n1Cc1ccccn1. The fraction of sp³-hybridized carbons (Fsp3) is 0.0952. The van der Waals surface area contributed by atoms with E-state index in [1.54, 1.807) is 10.8 Å². The van der Waals surface area contributed by atoms with E-state index in [0.717, 1.165) is 11.3 Å². The number of hydrogen-bond donors (Lipinski definition) is 0. The van der Waals surface area contributed by atoms with Gasteiger partial charge in [0.2, 0.25) is 0 Å². The first-order valence-corrected chi connectivity index (χ1v) is 9.84. The zero-order valence-electron chi connectivity index (χ0n) is 14.4. The normalized spacial score (nSPS) is 11.0. The molecule has 0 saturated heterocycles. The second kappa shape index (κ2) is 7.94. The molecule has 4 rings (SSSR count). The number of benzene rings is 2. The van der Waals surface area contributed by atoms with Gasteiger partial charge >= 0.3 is 0 Å². The van der Waals surface area contributed by atoms with Crippen molar-refractivity contribution in [3.8, 4) is 0 Å². The van der Waals surface area contributed by atoms with E-state index in [4.69, 9.17) is 16.6 Å². The Morgan fingerprint density at radius 1 is 0.963 bits per heavy atom. The minimum absolute atomic E-state index is 0.0621. The summed E-state index contributed by atoms with van der Waals surface area (Å²) in [6.07, 6.45) is 1.73. The third-order valence-electron chi connectivity index (χ3n) is 4.19. The number of aromatic nitrogens is 3. The molecule has 4 aromatic rings. The first-order valence-electron chi connectivity index (χ1n) is 8.48. The number of para-hydroxylation sites is 1. The van der Waals surface area contributed by atoms with E-state index in [2.05, 4.69) is 4.98 Å². The van der Waals surface area contributed by atoms with Crippen LogP contribution in [0.25, 0.3) is 10.9 Å².